The van der Waals surface area contributed by atoms with Crippen molar-refractivity contribution < 1.29 is 4.79 Å². The molecular weight excluding hydrogens is 280 g/mol. The highest BCUT2D eigenvalue weighted by Crippen LogP contribution is 2.40. The molecule has 0 radical (unpaired) electrons. The van der Waals surface area contributed by atoms with Gasteiger partial charge in [0.05, 0.1) is 4.88 Å². The van der Waals surface area contributed by atoms with E-state index < -0.39 is 0 Å². The lowest BCUT2D eigenvalue weighted by molar-refractivity contribution is 0.0753. The molecule has 118 valence electrons. The Balaban J connectivity index is 2.17. The van der Waals surface area contributed by atoms with Gasteiger partial charge in [0.1, 0.15) is 0 Å². The van der Waals surface area contributed by atoms with Gasteiger partial charge in [-0.3, -0.25) is 4.79 Å². The first-order chi connectivity index (χ1) is 9.74. The second-order valence-corrected chi connectivity index (χ2v) is 8.50. The van der Waals surface area contributed by atoms with Crippen molar-refractivity contribution in [1.82, 2.24) is 4.90 Å². The Morgan fingerprint density at radius 2 is 2.19 bits per heavy atom. The summed E-state index contributed by atoms with van der Waals surface area (Å²) in [4.78, 5) is 16.6. The van der Waals surface area contributed by atoms with Crippen LogP contribution in [0.1, 0.15) is 54.2 Å². The third kappa shape index (κ3) is 3.49. The highest BCUT2D eigenvalue weighted by Gasteiger charge is 2.31. The number of amides is 1. The summed E-state index contributed by atoms with van der Waals surface area (Å²) in [6.45, 7) is 9.44. The first-order valence-corrected chi connectivity index (χ1v) is 8.64. The number of nitrogens with two attached hydrogens (primary N) is 1. The van der Waals surface area contributed by atoms with Crippen LogP contribution in [0.15, 0.2) is 6.07 Å². The van der Waals surface area contributed by atoms with E-state index in [0.717, 1.165) is 17.7 Å². The molecule has 1 heterocycles. The van der Waals surface area contributed by atoms with Gasteiger partial charge in [-0.05, 0) is 49.1 Å². The number of rotatable bonds is 3. The molecule has 1 aromatic heterocycles. The van der Waals surface area contributed by atoms with E-state index in [1.165, 1.54) is 16.9 Å². The van der Waals surface area contributed by atoms with Crippen LogP contribution in [-0.2, 0) is 12.8 Å². The van der Waals surface area contributed by atoms with E-state index in [2.05, 4.69) is 26.8 Å². The van der Waals surface area contributed by atoms with Gasteiger partial charge in [0, 0.05) is 24.5 Å². The van der Waals surface area contributed by atoms with E-state index in [1.54, 1.807) is 16.2 Å². The highest BCUT2D eigenvalue weighted by molar-refractivity contribution is 7.14. The SMILES string of the molecule is CC(CN)N(C)C(=O)c1cc2c(s1)CCC(C(C)(C)C)C2. The molecule has 2 rings (SSSR count). The van der Waals surface area contributed by atoms with Gasteiger partial charge in [-0.25, -0.2) is 0 Å². The third-order valence-electron chi connectivity index (χ3n) is 4.84. The van der Waals surface area contributed by atoms with Gasteiger partial charge in [-0.2, -0.15) is 0 Å². The lowest BCUT2D eigenvalue weighted by atomic mass is 9.72. The fraction of sp³-hybridized carbons (Fsp3) is 0.706. The normalized spacial score (nSPS) is 20.0. The van der Waals surface area contributed by atoms with E-state index in [0.29, 0.717) is 17.9 Å². The number of carbonyl (C=O) groups is 1. The van der Waals surface area contributed by atoms with Gasteiger partial charge < -0.3 is 10.6 Å². The summed E-state index contributed by atoms with van der Waals surface area (Å²) in [7, 11) is 1.84. The van der Waals surface area contributed by atoms with Crippen molar-refractivity contribution in [2.75, 3.05) is 13.6 Å². The molecule has 3 nitrogen and oxygen atoms in total. The highest BCUT2D eigenvalue weighted by atomic mass is 32.1. The summed E-state index contributed by atoms with van der Waals surface area (Å²) in [5.41, 5.74) is 7.40. The number of likely N-dealkylation sites (N-methyl/N-ethyl adjacent to an activating group) is 1. The van der Waals surface area contributed by atoms with Gasteiger partial charge in [-0.15, -0.1) is 11.3 Å². The van der Waals surface area contributed by atoms with Crippen molar-refractivity contribution >= 4 is 17.2 Å². The van der Waals surface area contributed by atoms with Gasteiger partial charge in [0.25, 0.3) is 5.91 Å². The van der Waals surface area contributed by atoms with E-state index in [4.69, 9.17) is 5.73 Å². The molecule has 2 atom stereocenters. The van der Waals surface area contributed by atoms with Crippen LogP contribution in [0.3, 0.4) is 0 Å². The van der Waals surface area contributed by atoms with Crippen molar-refractivity contribution in [3.63, 3.8) is 0 Å². The minimum absolute atomic E-state index is 0.0824. The topological polar surface area (TPSA) is 46.3 Å². The molecule has 1 aliphatic carbocycles. The molecule has 4 heteroatoms. The van der Waals surface area contributed by atoms with Crippen molar-refractivity contribution in [2.45, 2.75) is 53.0 Å². The molecule has 21 heavy (non-hydrogen) atoms. The largest absolute Gasteiger partial charge is 0.337 e. The van der Waals surface area contributed by atoms with Crippen LogP contribution in [0.5, 0.6) is 0 Å². The molecule has 1 amide bonds. The number of hydrogen-bond acceptors (Lipinski definition) is 3. The maximum absolute atomic E-state index is 12.5. The second-order valence-electron chi connectivity index (χ2n) is 7.37. The van der Waals surface area contributed by atoms with Gasteiger partial charge in [-0.1, -0.05) is 20.8 Å². The Morgan fingerprint density at radius 1 is 1.52 bits per heavy atom. The summed E-state index contributed by atoms with van der Waals surface area (Å²) >= 11 is 1.68. The van der Waals surface area contributed by atoms with Crippen molar-refractivity contribution in [3.8, 4) is 0 Å². The van der Waals surface area contributed by atoms with Crippen LogP contribution in [-0.4, -0.2) is 30.4 Å². The summed E-state index contributed by atoms with van der Waals surface area (Å²) in [5.74, 6) is 0.822. The molecule has 0 fully saturated rings. The molecule has 0 aromatic carbocycles. The van der Waals surface area contributed by atoms with Crippen molar-refractivity contribution in [3.05, 3.63) is 21.4 Å². The van der Waals surface area contributed by atoms with E-state index >= 15 is 0 Å². The van der Waals surface area contributed by atoms with Gasteiger partial charge in [0.15, 0.2) is 0 Å². The number of fused-ring (bicyclic) bond motifs is 1. The maximum atomic E-state index is 12.5. The first kappa shape index (κ1) is 16.5. The Labute approximate surface area is 132 Å². The van der Waals surface area contributed by atoms with Gasteiger partial charge >= 0.3 is 0 Å². The van der Waals surface area contributed by atoms with Crippen LogP contribution in [0, 0.1) is 11.3 Å². The predicted octanol–water partition coefficient (Wildman–Crippen LogP) is 3.32. The zero-order chi connectivity index (χ0) is 15.8. The molecule has 0 aliphatic heterocycles. The maximum Gasteiger partial charge on any atom is 0.263 e. The Hall–Kier alpha value is -0.870. The first-order valence-electron chi connectivity index (χ1n) is 7.82. The van der Waals surface area contributed by atoms with Crippen LogP contribution in [0.4, 0.5) is 0 Å². The summed E-state index contributed by atoms with van der Waals surface area (Å²) in [6, 6.07) is 2.21. The van der Waals surface area contributed by atoms with Gasteiger partial charge in [0.2, 0.25) is 0 Å². The zero-order valence-corrected chi connectivity index (χ0v) is 14.7. The minimum atomic E-state index is 0.0824. The number of carbonyl (C=O) groups excluding carboxylic acids is 1. The smallest absolute Gasteiger partial charge is 0.263 e. The van der Waals surface area contributed by atoms with Crippen LogP contribution < -0.4 is 5.73 Å². The quantitative estimate of drug-likeness (QED) is 0.931. The minimum Gasteiger partial charge on any atom is -0.337 e. The number of hydrogen-bond donors (Lipinski definition) is 1. The molecule has 2 unspecified atom stereocenters. The van der Waals surface area contributed by atoms with E-state index in [9.17, 15) is 4.79 Å². The van der Waals surface area contributed by atoms with Crippen molar-refractivity contribution in [1.29, 1.82) is 0 Å². The summed E-state index contributed by atoms with van der Waals surface area (Å²) in [5, 5.41) is 0. The number of thiophene rings is 1. The second kappa shape index (κ2) is 6.09. The Morgan fingerprint density at radius 3 is 2.76 bits per heavy atom. The standard InChI is InChI=1S/C17H28N2OS/c1-11(10-18)19(5)16(20)15-9-12-8-13(17(2,3)4)6-7-14(12)21-15/h9,11,13H,6-8,10,18H2,1-5H3. The fourth-order valence-corrected chi connectivity index (χ4v) is 4.09. The van der Waals surface area contributed by atoms with Crippen LogP contribution in [0.25, 0.3) is 0 Å². The third-order valence-corrected chi connectivity index (χ3v) is 6.07. The fourth-order valence-electron chi connectivity index (χ4n) is 2.90. The predicted molar refractivity (Wildman–Crippen MR) is 89.9 cm³/mol. The van der Waals surface area contributed by atoms with Crippen LogP contribution >= 0.6 is 11.3 Å². The number of nitrogens with zero attached hydrogens (tertiary/aromatic N) is 1. The molecule has 0 bridgehead atoms. The van der Waals surface area contributed by atoms with Crippen LogP contribution in [0.2, 0.25) is 0 Å². The average molecular weight is 308 g/mol. The average Bonchev–Trinajstić information content (AvgIpc) is 2.86. The van der Waals surface area contributed by atoms with Crippen molar-refractivity contribution in [2.24, 2.45) is 17.1 Å². The monoisotopic (exact) mass is 308 g/mol. The molecule has 1 aliphatic rings. The lowest BCUT2D eigenvalue weighted by Gasteiger charge is -2.33. The molecule has 0 saturated heterocycles. The number of aryl methyl sites for hydroxylation is 1. The molecule has 0 spiro atoms. The Kier molecular flexibility index (Phi) is 4.79. The van der Waals surface area contributed by atoms with E-state index in [-0.39, 0.29) is 11.9 Å². The molecular formula is C17H28N2OS. The summed E-state index contributed by atoms with van der Waals surface area (Å²) in [6.07, 6.45) is 3.46. The van der Waals surface area contributed by atoms with E-state index in [1.807, 2.05) is 14.0 Å². The zero-order valence-electron chi connectivity index (χ0n) is 13.9. The Bertz CT molecular complexity index is 515. The lowest BCUT2D eigenvalue weighted by Crippen LogP contribution is -2.39. The summed E-state index contributed by atoms with van der Waals surface area (Å²) < 4.78 is 0. The molecule has 1 aromatic rings. The molecule has 2 N–H and O–H groups in total. The molecule has 0 saturated carbocycles.